The molecule has 1 aliphatic heterocycles. The molecule has 4 nitrogen and oxygen atoms in total. The Labute approximate surface area is 134 Å². The Morgan fingerprint density at radius 3 is 2.55 bits per heavy atom. The quantitative estimate of drug-likeness (QED) is 0.763. The highest BCUT2D eigenvalue weighted by Crippen LogP contribution is 2.33. The number of hydrogen-bond donors (Lipinski definition) is 1. The molecule has 2 rings (SSSR count). The zero-order chi connectivity index (χ0) is 14.6. The summed E-state index contributed by atoms with van der Waals surface area (Å²) >= 11 is 12.7. The van der Waals surface area contributed by atoms with Gasteiger partial charge in [-0.25, -0.2) is 13.1 Å². The maximum Gasteiger partial charge on any atom is 0.242 e. The highest BCUT2D eigenvalue weighted by molar-refractivity contribution is 7.89. The Morgan fingerprint density at radius 2 is 1.95 bits per heavy atom. The number of nitrogens with one attached hydrogen (secondary N) is 1. The Morgan fingerprint density at radius 1 is 1.25 bits per heavy atom. The normalized spacial score (nSPS) is 16.9. The van der Waals surface area contributed by atoms with Gasteiger partial charge in [-0.05, 0) is 51.4 Å². The van der Waals surface area contributed by atoms with Gasteiger partial charge in [0.05, 0.1) is 4.34 Å². The summed E-state index contributed by atoms with van der Waals surface area (Å²) in [5.74, 6) is 0. The van der Waals surface area contributed by atoms with E-state index in [1.54, 1.807) is 0 Å². The fourth-order valence-corrected chi connectivity index (χ4v) is 5.48. The molecule has 1 saturated heterocycles. The maximum atomic E-state index is 12.0. The molecule has 0 radical (unpaired) electrons. The van der Waals surface area contributed by atoms with Crippen LogP contribution in [0.1, 0.15) is 25.7 Å². The van der Waals surface area contributed by atoms with Crippen molar-refractivity contribution in [3.05, 3.63) is 14.7 Å². The van der Waals surface area contributed by atoms with E-state index in [-0.39, 0.29) is 9.23 Å². The van der Waals surface area contributed by atoms with Crippen molar-refractivity contribution >= 4 is 44.6 Å². The maximum absolute atomic E-state index is 12.0. The summed E-state index contributed by atoms with van der Waals surface area (Å²) in [6.45, 7) is 3.83. The van der Waals surface area contributed by atoms with E-state index < -0.39 is 10.0 Å². The number of halogens is 2. The molecule has 0 amide bonds. The van der Waals surface area contributed by atoms with Crippen molar-refractivity contribution in [2.45, 2.75) is 30.6 Å². The largest absolute Gasteiger partial charge is 0.303 e. The van der Waals surface area contributed by atoms with Crippen molar-refractivity contribution in [1.29, 1.82) is 0 Å². The lowest BCUT2D eigenvalue weighted by atomic mass is 10.3. The minimum absolute atomic E-state index is 0.0775. The van der Waals surface area contributed by atoms with Gasteiger partial charge in [-0.15, -0.1) is 11.3 Å². The average molecular weight is 357 g/mol. The molecule has 114 valence electrons. The molecule has 0 saturated carbocycles. The lowest BCUT2D eigenvalue weighted by Crippen LogP contribution is -2.26. The molecule has 1 aliphatic rings. The van der Waals surface area contributed by atoms with Crippen molar-refractivity contribution in [2.24, 2.45) is 0 Å². The first-order valence-corrected chi connectivity index (χ1v) is 9.71. The lowest BCUT2D eigenvalue weighted by molar-refractivity contribution is 0.330. The predicted octanol–water partition coefficient (Wildman–Crippen LogP) is 3.21. The van der Waals surface area contributed by atoms with Gasteiger partial charge in [-0.1, -0.05) is 23.2 Å². The second-order valence-electron chi connectivity index (χ2n) is 4.84. The van der Waals surface area contributed by atoms with Crippen LogP contribution in [0.25, 0.3) is 0 Å². The molecule has 1 fully saturated rings. The first kappa shape index (κ1) is 16.5. The summed E-state index contributed by atoms with van der Waals surface area (Å²) in [7, 11) is -3.54. The van der Waals surface area contributed by atoms with E-state index in [0.29, 0.717) is 10.9 Å². The smallest absolute Gasteiger partial charge is 0.242 e. The number of unbranched alkanes of at least 4 members (excludes halogenated alkanes) is 1. The van der Waals surface area contributed by atoms with Gasteiger partial charge in [0.15, 0.2) is 0 Å². The van der Waals surface area contributed by atoms with E-state index >= 15 is 0 Å². The van der Waals surface area contributed by atoms with Crippen LogP contribution in [0.5, 0.6) is 0 Å². The van der Waals surface area contributed by atoms with E-state index in [9.17, 15) is 8.42 Å². The number of rotatable bonds is 7. The first-order valence-electron chi connectivity index (χ1n) is 6.66. The Kier molecular flexibility index (Phi) is 6.13. The third-order valence-electron chi connectivity index (χ3n) is 3.31. The van der Waals surface area contributed by atoms with Gasteiger partial charge < -0.3 is 4.90 Å². The fourth-order valence-electron chi connectivity index (χ4n) is 2.26. The zero-order valence-corrected chi connectivity index (χ0v) is 14.2. The van der Waals surface area contributed by atoms with E-state index in [1.165, 1.54) is 32.0 Å². The van der Waals surface area contributed by atoms with Crippen LogP contribution < -0.4 is 4.72 Å². The minimum Gasteiger partial charge on any atom is -0.303 e. The Balaban J connectivity index is 1.74. The Hall–Kier alpha value is 0.150. The van der Waals surface area contributed by atoms with Crippen LogP contribution in [0.4, 0.5) is 0 Å². The molecular weight excluding hydrogens is 339 g/mol. The van der Waals surface area contributed by atoms with Gasteiger partial charge in [-0.2, -0.15) is 0 Å². The second kappa shape index (κ2) is 7.42. The molecule has 8 heteroatoms. The number of likely N-dealkylation sites (tertiary alicyclic amines) is 1. The third kappa shape index (κ3) is 4.58. The van der Waals surface area contributed by atoms with E-state index in [4.69, 9.17) is 23.2 Å². The summed E-state index contributed by atoms with van der Waals surface area (Å²) in [6.07, 6.45) is 4.39. The van der Waals surface area contributed by atoms with Crippen LogP contribution in [0.15, 0.2) is 11.0 Å². The topological polar surface area (TPSA) is 49.4 Å². The molecule has 0 bridgehead atoms. The van der Waals surface area contributed by atoms with Crippen LogP contribution in [0.3, 0.4) is 0 Å². The van der Waals surface area contributed by atoms with Crippen LogP contribution >= 0.6 is 34.5 Å². The van der Waals surface area contributed by atoms with Crippen molar-refractivity contribution in [1.82, 2.24) is 9.62 Å². The van der Waals surface area contributed by atoms with Crippen LogP contribution in [0, 0.1) is 0 Å². The number of thiophene rings is 1. The van der Waals surface area contributed by atoms with E-state index in [0.717, 1.165) is 30.7 Å². The highest BCUT2D eigenvalue weighted by atomic mass is 35.5. The number of sulfonamides is 1. The van der Waals surface area contributed by atoms with Crippen molar-refractivity contribution in [3.63, 3.8) is 0 Å². The summed E-state index contributed by atoms with van der Waals surface area (Å²) in [5, 5.41) is 0. The first-order chi connectivity index (χ1) is 9.49. The van der Waals surface area contributed by atoms with Gasteiger partial charge in [0.25, 0.3) is 0 Å². The molecule has 0 atom stereocenters. The van der Waals surface area contributed by atoms with Crippen molar-refractivity contribution in [3.8, 4) is 0 Å². The molecular formula is C12H18Cl2N2O2S2. The monoisotopic (exact) mass is 356 g/mol. The molecule has 0 unspecified atom stereocenters. The molecule has 2 heterocycles. The van der Waals surface area contributed by atoms with Crippen LogP contribution in [0.2, 0.25) is 8.67 Å². The van der Waals surface area contributed by atoms with Gasteiger partial charge >= 0.3 is 0 Å². The zero-order valence-electron chi connectivity index (χ0n) is 11.1. The van der Waals surface area contributed by atoms with Gasteiger partial charge in [0.2, 0.25) is 10.0 Å². The molecule has 1 aromatic rings. The molecule has 0 aliphatic carbocycles. The summed E-state index contributed by atoms with van der Waals surface area (Å²) < 4.78 is 27.2. The van der Waals surface area contributed by atoms with Crippen LogP contribution in [-0.4, -0.2) is 39.5 Å². The van der Waals surface area contributed by atoms with E-state index in [2.05, 4.69) is 9.62 Å². The van der Waals surface area contributed by atoms with Crippen molar-refractivity contribution < 1.29 is 8.42 Å². The average Bonchev–Trinajstić information content (AvgIpc) is 2.98. The minimum atomic E-state index is -3.54. The lowest BCUT2D eigenvalue weighted by Gasteiger charge is -2.14. The second-order valence-corrected chi connectivity index (χ2v) is 8.86. The van der Waals surface area contributed by atoms with Gasteiger partial charge in [0.1, 0.15) is 9.23 Å². The molecule has 20 heavy (non-hydrogen) atoms. The SMILES string of the molecule is O=S(=O)(NCCCCN1CCCC1)c1cc(Cl)sc1Cl. The molecule has 0 spiro atoms. The predicted molar refractivity (Wildman–Crippen MR) is 84.4 cm³/mol. The summed E-state index contributed by atoms with van der Waals surface area (Å²) in [6, 6.07) is 1.39. The molecule has 0 aromatic carbocycles. The summed E-state index contributed by atoms with van der Waals surface area (Å²) in [4.78, 5) is 2.50. The fraction of sp³-hybridized carbons (Fsp3) is 0.667. The van der Waals surface area contributed by atoms with E-state index in [1.807, 2.05) is 0 Å². The Bertz CT molecular complexity index is 540. The standard InChI is InChI=1S/C12H18Cl2N2O2S2/c13-11-9-10(12(14)19-11)20(17,18)15-5-1-2-6-16-7-3-4-8-16/h9,15H,1-8H2. The van der Waals surface area contributed by atoms with Crippen LogP contribution in [-0.2, 0) is 10.0 Å². The highest BCUT2D eigenvalue weighted by Gasteiger charge is 2.20. The number of hydrogen-bond acceptors (Lipinski definition) is 4. The molecule has 1 aromatic heterocycles. The van der Waals surface area contributed by atoms with Gasteiger partial charge in [-0.3, -0.25) is 0 Å². The summed E-state index contributed by atoms with van der Waals surface area (Å²) in [5.41, 5.74) is 0. The molecule has 1 N–H and O–H groups in total. The van der Waals surface area contributed by atoms with Gasteiger partial charge in [0, 0.05) is 6.54 Å². The third-order valence-corrected chi connectivity index (χ3v) is 6.52. The number of nitrogens with zero attached hydrogens (tertiary/aromatic N) is 1. The van der Waals surface area contributed by atoms with Crippen molar-refractivity contribution in [2.75, 3.05) is 26.2 Å².